The van der Waals surface area contributed by atoms with Gasteiger partial charge in [0.15, 0.2) is 0 Å². The fourth-order valence-corrected chi connectivity index (χ4v) is 4.09. The van der Waals surface area contributed by atoms with E-state index in [9.17, 15) is 4.79 Å². The van der Waals surface area contributed by atoms with E-state index < -0.39 is 0 Å². The lowest BCUT2D eigenvalue weighted by Gasteiger charge is -2.26. The molecule has 1 saturated heterocycles. The summed E-state index contributed by atoms with van der Waals surface area (Å²) in [5, 5.41) is 0. The third kappa shape index (κ3) is 5.11. The second kappa shape index (κ2) is 8.89. The van der Waals surface area contributed by atoms with Gasteiger partial charge in [0.2, 0.25) is 0 Å². The summed E-state index contributed by atoms with van der Waals surface area (Å²) in [5.74, 6) is 2.36. The maximum atomic E-state index is 11.3. The van der Waals surface area contributed by atoms with Crippen molar-refractivity contribution < 1.29 is 14.3 Å². The molecule has 4 nitrogen and oxygen atoms in total. The third-order valence-electron chi connectivity index (χ3n) is 6.05. The van der Waals surface area contributed by atoms with Crippen LogP contribution in [0.1, 0.15) is 57.4 Å². The van der Waals surface area contributed by atoms with Crippen molar-refractivity contribution in [2.45, 2.75) is 64.1 Å². The Kier molecular flexibility index (Phi) is 6.08. The van der Waals surface area contributed by atoms with Crippen LogP contribution in [0.3, 0.4) is 0 Å². The summed E-state index contributed by atoms with van der Waals surface area (Å²) in [6.07, 6.45) is 5.87. The standard InChI is InChI=1S/C25H31NO3/c1-18(16-19(2)27)20-6-10-23(11-7-20)29-25-14-15-26(17-25)21-8-12-24(13-9-21)28-22-4-3-5-22/h6-13,18,22,25H,3-5,14-17H2,1-2H3/t18-,25?/m1/s1. The van der Waals surface area contributed by atoms with Crippen molar-refractivity contribution in [2.75, 3.05) is 18.0 Å². The van der Waals surface area contributed by atoms with Crippen molar-refractivity contribution in [1.82, 2.24) is 0 Å². The van der Waals surface area contributed by atoms with Crippen LogP contribution in [-0.4, -0.2) is 31.1 Å². The van der Waals surface area contributed by atoms with E-state index in [0.29, 0.717) is 12.5 Å². The van der Waals surface area contributed by atoms with Gasteiger partial charge < -0.3 is 19.2 Å². The highest BCUT2D eigenvalue weighted by atomic mass is 16.5. The molecule has 1 aliphatic carbocycles. The molecule has 0 radical (unpaired) electrons. The molecule has 4 rings (SSSR count). The van der Waals surface area contributed by atoms with Gasteiger partial charge in [-0.3, -0.25) is 0 Å². The Morgan fingerprint density at radius 2 is 1.59 bits per heavy atom. The van der Waals surface area contributed by atoms with Gasteiger partial charge in [0.05, 0.1) is 12.6 Å². The topological polar surface area (TPSA) is 38.8 Å². The lowest BCUT2D eigenvalue weighted by Crippen LogP contribution is -2.25. The molecule has 1 unspecified atom stereocenters. The fraction of sp³-hybridized carbons (Fsp3) is 0.480. The molecular weight excluding hydrogens is 362 g/mol. The summed E-state index contributed by atoms with van der Waals surface area (Å²) < 4.78 is 12.2. The van der Waals surface area contributed by atoms with Crippen molar-refractivity contribution in [3.05, 3.63) is 54.1 Å². The van der Waals surface area contributed by atoms with E-state index in [1.165, 1.54) is 30.5 Å². The Morgan fingerprint density at radius 1 is 0.966 bits per heavy atom. The number of benzene rings is 2. The van der Waals surface area contributed by atoms with Gasteiger partial charge in [-0.15, -0.1) is 0 Å². The second-order valence-electron chi connectivity index (χ2n) is 8.52. The molecule has 0 amide bonds. The van der Waals surface area contributed by atoms with Gasteiger partial charge >= 0.3 is 0 Å². The number of nitrogens with zero attached hydrogens (tertiary/aromatic N) is 1. The number of hydrogen-bond acceptors (Lipinski definition) is 4. The normalized spacial score (nSPS) is 20.2. The van der Waals surface area contributed by atoms with Crippen LogP contribution >= 0.6 is 0 Å². The first kappa shape index (κ1) is 19.8. The molecule has 1 aliphatic heterocycles. The molecule has 1 saturated carbocycles. The maximum absolute atomic E-state index is 11.3. The van der Waals surface area contributed by atoms with Gasteiger partial charge in [-0.1, -0.05) is 19.1 Å². The highest BCUT2D eigenvalue weighted by Crippen LogP contribution is 2.29. The average molecular weight is 394 g/mol. The quantitative estimate of drug-likeness (QED) is 0.605. The smallest absolute Gasteiger partial charge is 0.130 e. The lowest BCUT2D eigenvalue weighted by atomic mass is 9.96. The maximum Gasteiger partial charge on any atom is 0.130 e. The summed E-state index contributed by atoms with van der Waals surface area (Å²) >= 11 is 0. The van der Waals surface area contributed by atoms with E-state index in [1.54, 1.807) is 6.92 Å². The molecule has 0 N–H and O–H groups in total. The molecule has 29 heavy (non-hydrogen) atoms. The minimum Gasteiger partial charge on any atom is -0.490 e. The SMILES string of the molecule is CC(=O)C[C@@H](C)c1ccc(OC2CCN(c3ccc(OC4CCC4)cc3)C2)cc1. The largest absolute Gasteiger partial charge is 0.490 e. The second-order valence-corrected chi connectivity index (χ2v) is 8.52. The van der Waals surface area contributed by atoms with Crippen LogP contribution in [0.15, 0.2) is 48.5 Å². The Labute approximate surface area is 173 Å². The van der Waals surface area contributed by atoms with Crippen molar-refractivity contribution >= 4 is 11.5 Å². The summed E-state index contributed by atoms with van der Waals surface area (Å²) in [6.45, 7) is 5.63. The molecule has 2 aliphatic rings. The predicted octanol–water partition coefficient (Wildman–Crippen LogP) is 5.36. The van der Waals surface area contributed by atoms with Crippen LogP contribution in [0.2, 0.25) is 0 Å². The molecule has 2 fully saturated rings. The third-order valence-corrected chi connectivity index (χ3v) is 6.05. The van der Waals surface area contributed by atoms with E-state index in [0.717, 1.165) is 31.0 Å². The number of hydrogen-bond donors (Lipinski definition) is 0. The van der Waals surface area contributed by atoms with E-state index in [1.807, 2.05) is 12.1 Å². The zero-order valence-corrected chi connectivity index (χ0v) is 17.5. The summed E-state index contributed by atoms with van der Waals surface area (Å²) in [4.78, 5) is 13.7. The minimum atomic E-state index is 0.196. The molecule has 2 atom stereocenters. The molecule has 0 spiro atoms. The lowest BCUT2D eigenvalue weighted by molar-refractivity contribution is -0.117. The van der Waals surface area contributed by atoms with Crippen molar-refractivity contribution in [2.24, 2.45) is 0 Å². The zero-order valence-electron chi connectivity index (χ0n) is 17.5. The van der Waals surface area contributed by atoms with Gasteiger partial charge in [-0.05, 0) is 74.1 Å². The summed E-state index contributed by atoms with van der Waals surface area (Å²) in [6, 6.07) is 16.7. The van der Waals surface area contributed by atoms with Crippen LogP contribution in [0.5, 0.6) is 11.5 Å². The molecule has 2 aromatic carbocycles. The zero-order chi connectivity index (χ0) is 20.2. The number of ketones is 1. The highest BCUT2D eigenvalue weighted by molar-refractivity contribution is 5.76. The van der Waals surface area contributed by atoms with Crippen LogP contribution in [0.25, 0.3) is 0 Å². The van der Waals surface area contributed by atoms with Gasteiger partial charge in [0.25, 0.3) is 0 Å². The van der Waals surface area contributed by atoms with E-state index in [4.69, 9.17) is 9.47 Å². The van der Waals surface area contributed by atoms with Gasteiger partial charge in [0, 0.05) is 25.1 Å². The highest BCUT2D eigenvalue weighted by Gasteiger charge is 2.25. The Hall–Kier alpha value is -2.49. The fourth-order valence-electron chi connectivity index (χ4n) is 4.09. The Balaban J connectivity index is 1.29. The summed E-state index contributed by atoms with van der Waals surface area (Å²) in [7, 11) is 0. The first-order valence-electron chi connectivity index (χ1n) is 10.8. The van der Waals surface area contributed by atoms with E-state index >= 15 is 0 Å². The Morgan fingerprint density at radius 3 is 2.17 bits per heavy atom. The average Bonchev–Trinajstić information content (AvgIpc) is 3.14. The van der Waals surface area contributed by atoms with Crippen LogP contribution in [0, 0.1) is 0 Å². The molecule has 154 valence electrons. The monoisotopic (exact) mass is 393 g/mol. The summed E-state index contributed by atoms with van der Waals surface area (Å²) in [5.41, 5.74) is 2.41. The van der Waals surface area contributed by atoms with E-state index in [-0.39, 0.29) is 17.8 Å². The number of Topliss-reactive ketones (excluding diaryl/α,β-unsaturated/α-hetero) is 1. The van der Waals surface area contributed by atoms with E-state index in [2.05, 4.69) is 48.2 Å². The first-order valence-corrected chi connectivity index (χ1v) is 10.8. The minimum absolute atomic E-state index is 0.196. The number of carbonyl (C=O) groups excluding carboxylic acids is 1. The Bertz CT molecular complexity index is 811. The predicted molar refractivity (Wildman–Crippen MR) is 116 cm³/mol. The number of ether oxygens (including phenoxy) is 2. The number of rotatable bonds is 8. The molecule has 0 bridgehead atoms. The number of carbonyl (C=O) groups is 1. The van der Waals surface area contributed by atoms with Gasteiger partial charge in [0.1, 0.15) is 23.4 Å². The first-order chi connectivity index (χ1) is 14.1. The molecule has 0 aromatic heterocycles. The van der Waals surface area contributed by atoms with Crippen LogP contribution in [-0.2, 0) is 4.79 Å². The molecule has 1 heterocycles. The molecule has 2 aromatic rings. The molecule has 4 heteroatoms. The van der Waals surface area contributed by atoms with Crippen LogP contribution in [0.4, 0.5) is 5.69 Å². The molecular formula is C25H31NO3. The van der Waals surface area contributed by atoms with Gasteiger partial charge in [-0.2, -0.15) is 0 Å². The van der Waals surface area contributed by atoms with Crippen molar-refractivity contribution in [3.63, 3.8) is 0 Å². The van der Waals surface area contributed by atoms with Crippen molar-refractivity contribution in [1.29, 1.82) is 0 Å². The van der Waals surface area contributed by atoms with Gasteiger partial charge in [-0.25, -0.2) is 0 Å². The van der Waals surface area contributed by atoms with Crippen LogP contribution < -0.4 is 14.4 Å². The van der Waals surface area contributed by atoms with Crippen molar-refractivity contribution in [3.8, 4) is 11.5 Å². The number of anilines is 1.